The topological polar surface area (TPSA) is 83.6 Å². The summed E-state index contributed by atoms with van der Waals surface area (Å²) in [5.41, 5.74) is 4.33. The molecule has 1 amide bonds. The van der Waals surface area contributed by atoms with E-state index in [1.165, 1.54) is 0 Å². The lowest BCUT2D eigenvalue weighted by molar-refractivity contribution is -0.128. The predicted molar refractivity (Wildman–Crippen MR) is 45.3 cm³/mol. The van der Waals surface area contributed by atoms with Crippen molar-refractivity contribution in [3.05, 3.63) is 0 Å². The summed E-state index contributed by atoms with van der Waals surface area (Å²) in [6.45, 7) is 3.00. The smallest absolute Gasteiger partial charge is 0.220 e. The van der Waals surface area contributed by atoms with Gasteiger partial charge in [-0.2, -0.15) is 0 Å². The second-order valence-electron chi connectivity index (χ2n) is 3.16. The van der Waals surface area contributed by atoms with Gasteiger partial charge in [0.25, 0.3) is 0 Å². The van der Waals surface area contributed by atoms with Gasteiger partial charge in [0, 0.05) is 11.3 Å². The zero-order chi connectivity index (χ0) is 9.78. The van der Waals surface area contributed by atoms with Crippen molar-refractivity contribution < 1.29 is 15.0 Å². The van der Waals surface area contributed by atoms with Crippen LogP contribution in [-0.4, -0.2) is 29.3 Å². The SMILES string of the molecule is CCC(CO)(CO)C(C)C(N)=O. The van der Waals surface area contributed by atoms with E-state index < -0.39 is 17.2 Å². The second kappa shape index (κ2) is 4.42. The number of hydrogen-bond acceptors (Lipinski definition) is 3. The molecule has 0 bridgehead atoms. The Hall–Kier alpha value is -0.610. The summed E-state index contributed by atoms with van der Waals surface area (Å²) in [5.74, 6) is -0.988. The first-order valence-corrected chi connectivity index (χ1v) is 4.05. The van der Waals surface area contributed by atoms with Crippen LogP contribution in [0.1, 0.15) is 20.3 Å². The molecule has 4 nitrogen and oxygen atoms in total. The summed E-state index contributed by atoms with van der Waals surface area (Å²) >= 11 is 0. The highest BCUT2D eigenvalue weighted by atomic mass is 16.3. The quantitative estimate of drug-likeness (QED) is 0.526. The van der Waals surface area contributed by atoms with Gasteiger partial charge in [-0.15, -0.1) is 0 Å². The maximum atomic E-state index is 10.8. The summed E-state index contributed by atoms with van der Waals surface area (Å²) < 4.78 is 0. The summed E-state index contributed by atoms with van der Waals surface area (Å²) in [5, 5.41) is 18.1. The molecule has 0 aromatic carbocycles. The van der Waals surface area contributed by atoms with E-state index in [-0.39, 0.29) is 13.2 Å². The first-order chi connectivity index (χ1) is 5.54. The molecule has 0 aliphatic rings. The van der Waals surface area contributed by atoms with Crippen LogP contribution in [0.3, 0.4) is 0 Å². The van der Waals surface area contributed by atoms with Gasteiger partial charge < -0.3 is 15.9 Å². The van der Waals surface area contributed by atoms with E-state index in [2.05, 4.69) is 0 Å². The van der Waals surface area contributed by atoms with Crippen LogP contribution in [0.25, 0.3) is 0 Å². The molecule has 0 aromatic heterocycles. The van der Waals surface area contributed by atoms with E-state index in [4.69, 9.17) is 15.9 Å². The normalized spacial score (nSPS) is 14.3. The van der Waals surface area contributed by atoms with E-state index in [0.717, 1.165) is 0 Å². The van der Waals surface area contributed by atoms with Gasteiger partial charge in [-0.25, -0.2) is 0 Å². The zero-order valence-electron chi connectivity index (χ0n) is 7.58. The third kappa shape index (κ3) is 1.95. The lowest BCUT2D eigenvalue weighted by Gasteiger charge is -2.32. The Morgan fingerprint density at radius 1 is 1.50 bits per heavy atom. The molecule has 0 heterocycles. The maximum Gasteiger partial charge on any atom is 0.220 e. The Kier molecular flexibility index (Phi) is 4.20. The van der Waals surface area contributed by atoms with Gasteiger partial charge in [-0.3, -0.25) is 4.79 Å². The van der Waals surface area contributed by atoms with Crippen molar-refractivity contribution in [3.8, 4) is 0 Å². The molecule has 0 spiro atoms. The fourth-order valence-corrected chi connectivity index (χ4v) is 1.16. The molecule has 0 aliphatic heterocycles. The average molecular weight is 175 g/mol. The Balaban J connectivity index is 4.58. The molecule has 0 aromatic rings. The van der Waals surface area contributed by atoms with Crippen LogP contribution >= 0.6 is 0 Å². The Morgan fingerprint density at radius 2 is 1.92 bits per heavy atom. The van der Waals surface area contributed by atoms with Gasteiger partial charge in [-0.05, 0) is 6.42 Å². The van der Waals surface area contributed by atoms with Gasteiger partial charge in [0.15, 0.2) is 0 Å². The fourth-order valence-electron chi connectivity index (χ4n) is 1.16. The van der Waals surface area contributed by atoms with Crippen LogP contribution in [0.2, 0.25) is 0 Å². The molecule has 4 N–H and O–H groups in total. The minimum atomic E-state index is -0.758. The van der Waals surface area contributed by atoms with Crippen molar-refractivity contribution >= 4 is 5.91 Å². The summed E-state index contributed by atoms with van der Waals surface area (Å²) in [4.78, 5) is 10.8. The number of nitrogens with two attached hydrogens (primary N) is 1. The monoisotopic (exact) mass is 175 g/mol. The molecule has 0 aliphatic carbocycles. The van der Waals surface area contributed by atoms with Crippen LogP contribution in [0, 0.1) is 11.3 Å². The van der Waals surface area contributed by atoms with E-state index in [0.29, 0.717) is 6.42 Å². The summed E-state index contributed by atoms with van der Waals surface area (Å²) in [7, 11) is 0. The molecule has 0 rings (SSSR count). The first-order valence-electron chi connectivity index (χ1n) is 4.05. The zero-order valence-corrected chi connectivity index (χ0v) is 7.58. The lowest BCUT2D eigenvalue weighted by Crippen LogP contribution is -2.42. The number of aliphatic hydroxyl groups excluding tert-OH is 2. The summed E-state index contributed by atoms with van der Waals surface area (Å²) in [6.07, 6.45) is 0.532. The van der Waals surface area contributed by atoms with Crippen molar-refractivity contribution in [2.45, 2.75) is 20.3 Å². The van der Waals surface area contributed by atoms with Crippen molar-refractivity contribution in [2.24, 2.45) is 17.1 Å². The molecule has 0 saturated heterocycles. The predicted octanol–water partition coefficient (Wildman–Crippen LogP) is -0.511. The van der Waals surface area contributed by atoms with Crippen LogP contribution in [0.15, 0.2) is 0 Å². The third-order valence-electron chi connectivity index (χ3n) is 2.68. The summed E-state index contributed by atoms with van der Waals surface area (Å²) in [6, 6.07) is 0. The van der Waals surface area contributed by atoms with E-state index in [1.807, 2.05) is 6.92 Å². The van der Waals surface area contributed by atoms with Crippen molar-refractivity contribution in [3.63, 3.8) is 0 Å². The highest BCUT2D eigenvalue weighted by Gasteiger charge is 2.36. The maximum absolute atomic E-state index is 10.8. The molecule has 1 unspecified atom stereocenters. The highest BCUT2D eigenvalue weighted by molar-refractivity contribution is 5.77. The standard InChI is InChI=1S/C8H17NO3/c1-3-8(4-10,5-11)6(2)7(9)12/h6,10-11H,3-5H2,1-2H3,(H2,9,12). The van der Waals surface area contributed by atoms with Crippen molar-refractivity contribution in [1.82, 2.24) is 0 Å². The lowest BCUT2D eigenvalue weighted by atomic mass is 9.75. The number of primary amides is 1. The molecular formula is C8H17NO3. The van der Waals surface area contributed by atoms with Crippen molar-refractivity contribution in [2.75, 3.05) is 13.2 Å². The number of carbonyl (C=O) groups is 1. The molecule has 72 valence electrons. The van der Waals surface area contributed by atoms with E-state index >= 15 is 0 Å². The first kappa shape index (κ1) is 11.4. The number of aliphatic hydroxyl groups is 2. The minimum Gasteiger partial charge on any atom is -0.396 e. The van der Waals surface area contributed by atoms with Crippen LogP contribution in [-0.2, 0) is 4.79 Å². The molecule has 4 heteroatoms. The van der Waals surface area contributed by atoms with E-state index in [1.54, 1.807) is 6.92 Å². The van der Waals surface area contributed by atoms with Crippen LogP contribution in [0.5, 0.6) is 0 Å². The molecule has 12 heavy (non-hydrogen) atoms. The molecule has 0 radical (unpaired) electrons. The Bertz CT molecular complexity index is 146. The van der Waals surface area contributed by atoms with Crippen molar-refractivity contribution in [1.29, 1.82) is 0 Å². The van der Waals surface area contributed by atoms with Gasteiger partial charge in [-0.1, -0.05) is 13.8 Å². The van der Waals surface area contributed by atoms with Crippen LogP contribution < -0.4 is 5.73 Å². The van der Waals surface area contributed by atoms with Gasteiger partial charge in [0.05, 0.1) is 13.2 Å². The van der Waals surface area contributed by atoms with Crippen LogP contribution in [0.4, 0.5) is 0 Å². The van der Waals surface area contributed by atoms with Gasteiger partial charge in [0.1, 0.15) is 0 Å². The molecule has 1 atom stereocenters. The number of amides is 1. The molecule has 0 fully saturated rings. The average Bonchev–Trinajstić information content (AvgIpc) is 2.08. The fraction of sp³-hybridized carbons (Fsp3) is 0.875. The molecular weight excluding hydrogens is 158 g/mol. The van der Waals surface area contributed by atoms with Gasteiger partial charge in [0.2, 0.25) is 5.91 Å². The highest BCUT2D eigenvalue weighted by Crippen LogP contribution is 2.30. The van der Waals surface area contributed by atoms with E-state index in [9.17, 15) is 4.79 Å². The largest absolute Gasteiger partial charge is 0.396 e. The minimum absolute atomic E-state index is 0.218. The third-order valence-corrected chi connectivity index (χ3v) is 2.68. The molecule has 0 saturated carbocycles. The Labute approximate surface area is 72.4 Å². The number of rotatable bonds is 5. The Morgan fingerprint density at radius 3 is 2.00 bits per heavy atom. The van der Waals surface area contributed by atoms with Gasteiger partial charge >= 0.3 is 0 Å². The second-order valence-corrected chi connectivity index (χ2v) is 3.16. The number of hydrogen-bond donors (Lipinski definition) is 3. The number of carbonyl (C=O) groups excluding carboxylic acids is 1.